The van der Waals surface area contributed by atoms with E-state index in [9.17, 15) is 4.79 Å². The Morgan fingerprint density at radius 2 is 2.08 bits per heavy atom. The lowest BCUT2D eigenvalue weighted by Gasteiger charge is -2.24. The maximum atomic E-state index is 12.2. The van der Waals surface area contributed by atoms with Crippen molar-refractivity contribution in [2.75, 3.05) is 6.61 Å². The van der Waals surface area contributed by atoms with E-state index in [1.165, 1.54) is 11.3 Å². The first-order chi connectivity index (χ1) is 11.8. The summed E-state index contributed by atoms with van der Waals surface area (Å²) in [5.74, 6) is 1.26. The van der Waals surface area contributed by atoms with Crippen molar-refractivity contribution in [1.82, 2.24) is 10.3 Å². The summed E-state index contributed by atoms with van der Waals surface area (Å²) in [6, 6.07) is 11.5. The van der Waals surface area contributed by atoms with Gasteiger partial charge in [-0.3, -0.25) is 4.79 Å². The average molecular weight is 358 g/mol. The molecule has 5 nitrogen and oxygen atoms in total. The Morgan fingerprint density at radius 3 is 2.92 bits per heavy atom. The average Bonchev–Trinajstić information content (AvgIpc) is 3.31. The maximum Gasteiger partial charge on any atom is 0.271 e. The van der Waals surface area contributed by atoms with E-state index in [0.29, 0.717) is 24.6 Å². The molecule has 0 spiro atoms. The van der Waals surface area contributed by atoms with Crippen LogP contribution < -0.4 is 14.8 Å². The number of nitrogens with one attached hydrogen (secondary N) is 1. The highest BCUT2D eigenvalue weighted by Crippen LogP contribution is 2.36. The first kappa shape index (κ1) is 15.2. The van der Waals surface area contributed by atoms with Gasteiger partial charge in [0.05, 0.1) is 6.54 Å². The summed E-state index contributed by atoms with van der Waals surface area (Å²) < 4.78 is 11.6. The maximum absolute atomic E-state index is 12.2. The molecular formula is C17H14N2O3S2. The fraction of sp³-hybridized carbons (Fsp3) is 0.176. The largest absolute Gasteiger partial charge is 0.485 e. The van der Waals surface area contributed by atoms with Crippen LogP contribution in [0.5, 0.6) is 11.5 Å². The summed E-state index contributed by atoms with van der Waals surface area (Å²) in [5.41, 5.74) is 0.411. The van der Waals surface area contributed by atoms with Crippen molar-refractivity contribution in [3.63, 3.8) is 0 Å². The van der Waals surface area contributed by atoms with Gasteiger partial charge in [0.15, 0.2) is 17.6 Å². The number of para-hydroxylation sites is 2. The lowest BCUT2D eigenvalue weighted by molar-refractivity contribution is 0.0898. The molecule has 1 aliphatic heterocycles. The van der Waals surface area contributed by atoms with Gasteiger partial charge in [-0.25, -0.2) is 4.98 Å². The molecule has 1 amide bonds. The molecule has 2 aromatic heterocycles. The number of hydrogen-bond donors (Lipinski definition) is 1. The van der Waals surface area contributed by atoms with Crippen molar-refractivity contribution in [2.24, 2.45) is 0 Å². The smallest absolute Gasteiger partial charge is 0.271 e. The molecule has 0 saturated heterocycles. The zero-order valence-corrected chi connectivity index (χ0v) is 14.2. The molecule has 0 radical (unpaired) electrons. The number of thiophene rings is 1. The van der Waals surface area contributed by atoms with Crippen LogP contribution in [0.3, 0.4) is 0 Å². The SMILES string of the molecule is O=C(NCc1cccs1)c1csc([C@H]2COc3ccccc3O2)n1. The van der Waals surface area contributed by atoms with E-state index < -0.39 is 0 Å². The number of ether oxygens (including phenoxy) is 2. The van der Waals surface area contributed by atoms with Crippen LogP contribution in [0, 0.1) is 0 Å². The summed E-state index contributed by atoms with van der Waals surface area (Å²) in [5, 5.41) is 7.36. The molecule has 3 heterocycles. The molecule has 24 heavy (non-hydrogen) atoms. The van der Waals surface area contributed by atoms with Crippen LogP contribution in [0.2, 0.25) is 0 Å². The Bertz CT molecular complexity index is 845. The molecule has 1 aliphatic rings. The van der Waals surface area contributed by atoms with Crippen LogP contribution in [0.15, 0.2) is 47.2 Å². The van der Waals surface area contributed by atoms with Crippen molar-refractivity contribution in [3.05, 3.63) is 62.7 Å². The number of carbonyl (C=O) groups excluding carboxylic acids is 1. The second-order valence-corrected chi connectivity index (χ2v) is 7.12. The molecule has 0 fully saturated rings. The number of thiazole rings is 1. The topological polar surface area (TPSA) is 60.5 Å². The van der Waals surface area contributed by atoms with E-state index in [1.54, 1.807) is 16.7 Å². The van der Waals surface area contributed by atoms with Gasteiger partial charge in [0.25, 0.3) is 5.91 Å². The Hall–Kier alpha value is -2.38. The van der Waals surface area contributed by atoms with Crippen LogP contribution in [-0.4, -0.2) is 17.5 Å². The molecule has 1 aromatic carbocycles. The van der Waals surface area contributed by atoms with Gasteiger partial charge in [0.2, 0.25) is 0 Å². The van der Waals surface area contributed by atoms with Crippen molar-refractivity contribution >= 4 is 28.6 Å². The molecule has 122 valence electrons. The van der Waals surface area contributed by atoms with Crippen LogP contribution in [0.1, 0.15) is 26.5 Å². The van der Waals surface area contributed by atoms with Gasteiger partial charge in [-0.1, -0.05) is 18.2 Å². The van der Waals surface area contributed by atoms with Gasteiger partial charge in [0.1, 0.15) is 17.3 Å². The van der Waals surface area contributed by atoms with E-state index in [0.717, 1.165) is 15.6 Å². The summed E-state index contributed by atoms with van der Waals surface area (Å²) in [6.07, 6.45) is -0.288. The van der Waals surface area contributed by atoms with E-state index in [-0.39, 0.29) is 12.0 Å². The monoisotopic (exact) mass is 358 g/mol. The molecule has 3 aromatic rings. The Balaban J connectivity index is 1.42. The third-order valence-corrected chi connectivity index (χ3v) is 5.36. The lowest BCUT2D eigenvalue weighted by atomic mass is 10.2. The van der Waals surface area contributed by atoms with Gasteiger partial charge < -0.3 is 14.8 Å². The van der Waals surface area contributed by atoms with Crippen molar-refractivity contribution in [2.45, 2.75) is 12.6 Å². The molecule has 0 unspecified atom stereocenters. The fourth-order valence-electron chi connectivity index (χ4n) is 2.35. The second kappa shape index (κ2) is 6.62. The summed E-state index contributed by atoms with van der Waals surface area (Å²) in [6.45, 7) is 0.903. The van der Waals surface area contributed by atoms with Crippen molar-refractivity contribution in [3.8, 4) is 11.5 Å². The van der Waals surface area contributed by atoms with Crippen molar-refractivity contribution in [1.29, 1.82) is 0 Å². The summed E-state index contributed by atoms with van der Waals surface area (Å²) in [4.78, 5) is 17.7. The number of benzene rings is 1. The van der Waals surface area contributed by atoms with Gasteiger partial charge in [-0.05, 0) is 23.6 Å². The zero-order chi connectivity index (χ0) is 16.4. The predicted molar refractivity (Wildman–Crippen MR) is 92.9 cm³/mol. The number of fused-ring (bicyclic) bond motifs is 1. The Kier molecular flexibility index (Phi) is 4.18. The van der Waals surface area contributed by atoms with Gasteiger partial charge in [-0.2, -0.15) is 0 Å². The molecule has 0 bridgehead atoms. The minimum absolute atomic E-state index is 0.178. The second-order valence-electron chi connectivity index (χ2n) is 5.20. The van der Waals surface area contributed by atoms with Gasteiger partial charge in [0, 0.05) is 10.3 Å². The fourth-order valence-corrected chi connectivity index (χ4v) is 3.81. The van der Waals surface area contributed by atoms with Crippen molar-refractivity contribution < 1.29 is 14.3 Å². The Labute approximate surface area is 146 Å². The molecule has 0 aliphatic carbocycles. The van der Waals surface area contributed by atoms with Crippen LogP contribution in [-0.2, 0) is 6.54 Å². The highest BCUT2D eigenvalue weighted by Gasteiger charge is 2.25. The van der Waals surface area contributed by atoms with Crippen LogP contribution >= 0.6 is 22.7 Å². The third kappa shape index (κ3) is 3.13. The minimum Gasteiger partial charge on any atom is -0.485 e. The predicted octanol–water partition coefficient (Wildman–Crippen LogP) is 3.65. The molecule has 0 saturated carbocycles. The number of carbonyl (C=O) groups is 1. The Morgan fingerprint density at radius 1 is 1.21 bits per heavy atom. The van der Waals surface area contributed by atoms with Crippen LogP contribution in [0.25, 0.3) is 0 Å². The molecule has 7 heteroatoms. The van der Waals surface area contributed by atoms with Gasteiger partial charge in [-0.15, -0.1) is 22.7 Å². The van der Waals surface area contributed by atoms with E-state index in [2.05, 4.69) is 10.3 Å². The lowest BCUT2D eigenvalue weighted by Crippen LogP contribution is -2.24. The van der Waals surface area contributed by atoms with E-state index >= 15 is 0 Å². The third-order valence-electron chi connectivity index (χ3n) is 3.54. The minimum atomic E-state index is -0.288. The first-order valence-electron chi connectivity index (χ1n) is 7.44. The highest BCUT2D eigenvalue weighted by molar-refractivity contribution is 7.10. The summed E-state index contributed by atoms with van der Waals surface area (Å²) >= 11 is 3.02. The zero-order valence-electron chi connectivity index (χ0n) is 12.6. The number of hydrogen-bond acceptors (Lipinski definition) is 6. The van der Waals surface area contributed by atoms with Crippen LogP contribution in [0.4, 0.5) is 0 Å². The van der Waals surface area contributed by atoms with E-state index in [1.807, 2.05) is 41.8 Å². The number of aromatic nitrogens is 1. The standard InChI is InChI=1S/C17H14N2O3S2/c20-16(18-8-11-4-3-7-23-11)12-10-24-17(19-12)15-9-21-13-5-1-2-6-14(13)22-15/h1-7,10,15H,8-9H2,(H,18,20)/t15-/m1/s1. The normalized spacial score (nSPS) is 15.9. The molecule has 1 atom stereocenters. The van der Waals surface area contributed by atoms with Gasteiger partial charge >= 0.3 is 0 Å². The van der Waals surface area contributed by atoms with E-state index in [4.69, 9.17) is 9.47 Å². The molecule has 1 N–H and O–H groups in total. The number of rotatable bonds is 4. The number of nitrogens with zero attached hydrogens (tertiary/aromatic N) is 1. The number of amides is 1. The molecular weight excluding hydrogens is 344 g/mol. The molecule has 4 rings (SSSR count). The highest BCUT2D eigenvalue weighted by atomic mass is 32.1. The first-order valence-corrected chi connectivity index (χ1v) is 9.20. The summed E-state index contributed by atoms with van der Waals surface area (Å²) in [7, 11) is 0. The quantitative estimate of drug-likeness (QED) is 0.773.